The summed E-state index contributed by atoms with van der Waals surface area (Å²) < 4.78 is 4.76. The highest BCUT2D eigenvalue weighted by atomic mass is 17.2. The Balaban J connectivity index is 1.80. The van der Waals surface area contributed by atoms with Gasteiger partial charge in [0.25, 0.3) is 0 Å². The molecular weight excluding hydrogens is 422 g/mol. The summed E-state index contributed by atoms with van der Waals surface area (Å²) >= 11 is 0. The molecule has 166 valence electrons. The molecule has 4 aromatic rings. The van der Waals surface area contributed by atoms with Gasteiger partial charge < -0.3 is 9.84 Å². The van der Waals surface area contributed by atoms with Crippen LogP contribution in [0.3, 0.4) is 0 Å². The van der Waals surface area contributed by atoms with Crippen molar-refractivity contribution in [3.8, 4) is 39.9 Å². The minimum absolute atomic E-state index is 0.00408. The number of aromatic nitrogens is 3. The van der Waals surface area contributed by atoms with Crippen molar-refractivity contribution in [2.75, 3.05) is 14.2 Å². The van der Waals surface area contributed by atoms with Gasteiger partial charge in [-0.1, -0.05) is 48.5 Å². The average molecular weight is 443 g/mol. The van der Waals surface area contributed by atoms with Gasteiger partial charge in [-0.25, -0.2) is 29.5 Å². The van der Waals surface area contributed by atoms with Gasteiger partial charge in [0.05, 0.1) is 25.3 Å². The Hall–Kier alpha value is -4.14. The SMILES string of the molecule is COOCc1ccc(-c2nc(-c3ccccc3)nc(-c3ccc(C(=O)OC)cc3)n2)c(O)c1. The highest BCUT2D eigenvalue weighted by molar-refractivity contribution is 5.89. The van der Waals surface area contributed by atoms with Crippen molar-refractivity contribution in [1.29, 1.82) is 0 Å². The summed E-state index contributed by atoms with van der Waals surface area (Å²) in [6.07, 6.45) is 0. The molecule has 1 aromatic heterocycles. The van der Waals surface area contributed by atoms with E-state index in [0.29, 0.717) is 34.2 Å². The normalized spacial score (nSPS) is 10.7. The number of benzene rings is 3. The van der Waals surface area contributed by atoms with Crippen LogP contribution in [0.4, 0.5) is 0 Å². The van der Waals surface area contributed by atoms with Crippen molar-refractivity contribution in [3.63, 3.8) is 0 Å². The zero-order valence-electron chi connectivity index (χ0n) is 18.1. The van der Waals surface area contributed by atoms with Crippen molar-refractivity contribution in [2.24, 2.45) is 0 Å². The first kappa shape index (κ1) is 22.1. The molecule has 0 fully saturated rings. The van der Waals surface area contributed by atoms with E-state index >= 15 is 0 Å². The third-order valence-electron chi connectivity index (χ3n) is 4.88. The number of rotatable bonds is 7. The Morgan fingerprint density at radius 2 is 1.45 bits per heavy atom. The van der Waals surface area contributed by atoms with Crippen molar-refractivity contribution < 1.29 is 24.4 Å². The van der Waals surface area contributed by atoms with Crippen LogP contribution >= 0.6 is 0 Å². The van der Waals surface area contributed by atoms with E-state index in [2.05, 4.69) is 19.8 Å². The molecule has 0 aliphatic rings. The number of nitrogens with zero attached hydrogens (tertiary/aromatic N) is 3. The first-order valence-corrected chi connectivity index (χ1v) is 10.1. The highest BCUT2D eigenvalue weighted by Gasteiger charge is 2.15. The van der Waals surface area contributed by atoms with E-state index in [1.54, 1.807) is 42.5 Å². The van der Waals surface area contributed by atoms with Crippen LogP contribution in [0.15, 0.2) is 72.8 Å². The quantitative estimate of drug-likeness (QED) is 0.254. The van der Waals surface area contributed by atoms with Crippen LogP contribution in [0.2, 0.25) is 0 Å². The summed E-state index contributed by atoms with van der Waals surface area (Å²) in [5, 5.41) is 10.6. The third-order valence-corrected chi connectivity index (χ3v) is 4.88. The second kappa shape index (κ2) is 9.99. The maximum Gasteiger partial charge on any atom is 0.337 e. The van der Waals surface area contributed by atoms with Crippen LogP contribution in [0.5, 0.6) is 5.75 Å². The van der Waals surface area contributed by atoms with Crippen LogP contribution in [-0.2, 0) is 21.1 Å². The third kappa shape index (κ3) is 5.03. The van der Waals surface area contributed by atoms with Gasteiger partial charge in [0, 0.05) is 11.1 Å². The van der Waals surface area contributed by atoms with E-state index in [1.165, 1.54) is 14.2 Å². The van der Waals surface area contributed by atoms with Crippen LogP contribution in [0.25, 0.3) is 34.2 Å². The molecule has 0 aliphatic carbocycles. The van der Waals surface area contributed by atoms with E-state index in [1.807, 2.05) is 30.3 Å². The Morgan fingerprint density at radius 1 is 0.818 bits per heavy atom. The van der Waals surface area contributed by atoms with Crippen molar-refractivity contribution >= 4 is 5.97 Å². The molecule has 33 heavy (non-hydrogen) atoms. The largest absolute Gasteiger partial charge is 0.507 e. The van der Waals surface area contributed by atoms with Gasteiger partial charge in [-0.3, -0.25) is 0 Å². The van der Waals surface area contributed by atoms with Gasteiger partial charge >= 0.3 is 5.97 Å². The summed E-state index contributed by atoms with van der Waals surface area (Å²) in [6, 6.07) is 21.4. The molecule has 0 saturated carbocycles. The van der Waals surface area contributed by atoms with Crippen molar-refractivity contribution in [1.82, 2.24) is 15.0 Å². The first-order chi connectivity index (χ1) is 16.1. The number of esters is 1. The molecule has 0 unspecified atom stereocenters. The number of phenols is 1. The van der Waals surface area contributed by atoms with Crippen LogP contribution in [0, 0.1) is 0 Å². The van der Waals surface area contributed by atoms with Crippen LogP contribution in [-0.4, -0.2) is 40.2 Å². The lowest BCUT2D eigenvalue weighted by atomic mass is 10.1. The lowest BCUT2D eigenvalue weighted by molar-refractivity contribution is -0.282. The molecule has 4 rings (SSSR count). The molecule has 0 aliphatic heterocycles. The number of hydrogen-bond acceptors (Lipinski definition) is 8. The first-order valence-electron chi connectivity index (χ1n) is 10.1. The van der Waals surface area contributed by atoms with Crippen LogP contribution < -0.4 is 0 Å². The topological polar surface area (TPSA) is 104 Å². The molecule has 1 heterocycles. The van der Waals surface area contributed by atoms with E-state index in [-0.39, 0.29) is 12.4 Å². The van der Waals surface area contributed by atoms with Crippen LogP contribution in [0.1, 0.15) is 15.9 Å². The second-order valence-corrected chi connectivity index (χ2v) is 7.02. The molecule has 3 aromatic carbocycles. The second-order valence-electron chi connectivity index (χ2n) is 7.02. The lowest BCUT2D eigenvalue weighted by Gasteiger charge is -2.10. The zero-order valence-corrected chi connectivity index (χ0v) is 18.1. The van der Waals surface area contributed by atoms with Crippen molar-refractivity contribution in [2.45, 2.75) is 6.61 Å². The van der Waals surface area contributed by atoms with E-state index in [4.69, 9.17) is 9.62 Å². The van der Waals surface area contributed by atoms with E-state index < -0.39 is 5.97 Å². The number of ether oxygens (including phenoxy) is 1. The van der Waals surface area contributed by atoms with Gasteiger partial charge in [-0.05, 0) is 29.8 Å². The minimum atomic E-state index is -0.426. The lowest BCUT2D eigenvalue weighted by Crippen LogP contribution is -2.02. The van der Waals surface area contributed by atoms with Gasteiger partial charge in [-0.15, -0.1) is 0 Å². The molecule has 0 bridgehead atoms. The maximum atomic E-state index is 11.8. The maximum absolute atomic E-state index is 11.8. The molecule has 0 atom stereocenters. The van der Waals surface area contributed by atoms with E-state index in [0.717, 1.165) is 11.1 Å². The number of carbonyl (C=O) groups is 1. The summed E-state index contributed by atoms with van der Waals surface area (Å²) in [7, 11) is 2.75. The molecule has 0 saturated heterocycles. The number of phenolic OH excluding ortho intramolecular Hbond substituents is 1. The van der Waals surface area contributed by atoms with Gasteiger partial charge in [0.1, 0.15) is 12.4 Å². The average Bonchev–Trinajstić information content (AvgIpc) is 2.87. The summed E-state index contributed by atoms with van der Waals surface area (Å²) in [6.45, 7) is 0.189. The Morgan fingerprint density at radius 3 is 2.06 bits per heavy atom. The fraction of sp³-hybridized carbons (Fsp3) is 0.120. The number of methoxy groups -OCH3 is 1. The summed E-state index contributed by atoms with van der Waals surface area (Å²) in [5.41, 5.74) is 3.09. The zero-order chi connectivity index (χ0) is 23.2. The van der Waals surface area contributed by atoms with Crippen molar-refractivity contribution in [3.05, 3.63) is 83.9 Å². The molecular formula is C25H21N3O5. The monoisotopic (exact) mass is 443 g/mol. The standard InChI is InChI=1S/C25H21N3O5/c1-31-25(30)19-11-9-18(10-12-19)23-26-22(17-6-4-3-5-7-17)27-24(28-23)20-13-8-16(14-21(20)29)15-33-32-2/h3-14,29H,15H2,1-2H3. The molecule has 8 heteroatoms. The molecule has 1 N–H and O–H groups in total. The number of aromatic hydroxyl groups is 1. The Kier molecular flexibility index (Phi) is 6.68. The number of carbonyl (C=O) groups excluding carboxylic acids is 1. The van der Waals surface area contributed by atoms with Gasteiger partial charge in [-0.2, -0.15) is 0 Å². The predicted octanol–water partition coefficient (Wildman–Crippen LogP) is 4.44. The Bertz CT molecular complexity index is 1260. The molecule has 0 amide bonds. The van der Waals surface area contributed by atoms with Gasteiger partial charge in [0.2, 0.25) is 0 Å². The molecule has 8 nitrogen and oxygen atoms in total. The summed E-state index contributed by atoms with van der Waals surface area (Å²) in [4.78, 5) is 35.1. The fourth-order valence-corrected chi connectivity index (χ4v) is 3.20. The predicted molar refractivity (Wildman–Crippen MR) is 121 cm³/mol. The molecule has 0 radical (unpaired) electrons. The fourth-order valence-electron chi connectivity index (χ4n) is 3.20. The number of hydrogen-bond donors (Lipinski definition) is 1. The minimum Gasteiger partial charge on any atom is -0.507 e. The highest BCUT2D eigenvalue weighted by Crippen LogP contribution is 2.31. The molecule has 0 spiro atoms. The van der Waals surface area contributed by atoms with E-state index in [9.17, 15) is 9.90 Å². The Labute approximate surface area is 190 Å². The summed E-state index contributed by atoms with van der Waals surface area (Å²) in [5.74, 6) is 0.752. The van der Waals surface area contributed by atoms with Gasteiger partial charge in [0.15, 0.2) is 17.5 Å². The smallest absolute Gasteiger partial charge is 0.337 e.